The summed E-state index contributed by atoms with van der Waals surface area (Å²) < 4.78 is 0. The molecule has 4 rings (SSSR count). The first-order valence-electron chi connectivity index (χ1n) is 9.56. The van der Waals surface area contributed by atoms with Crippen molar-refractivity contribution in [2.45, 2.75) is 65.2 Å². The summed E-state index contributed by atoms with van der Waals surface area (Å²) in [5.41, 5.74) is 3.25. The molecule has 0 spiro atoms. The zero-order valence-electron chi connectivity index (χ0n) is 14.5. The summed E-state index contributed by atoms with van der Waals surface area (Å²) in [6, 6.07) is 0. The zero-order valence-corrected chi connectivity index (χ0v) is 14.5. The van der Waals surface area contributed by atoms with Crippen molar-refractivity contribution in [3.05, 3.63) is 23.3 Å². The molecule has 0 bridgehead atoms. The van der Waals surface area contributed by atoms with E-state index in [1.807, 2.05) is 6.08 Å². The van der Waals surface area contributed by atoms with E-state index in [0.29, 0.717) is 17.1 Å². The average Bonchev–Trinajstić information content (AvgIpc) is 2.89. The van der Waals surface area contributed by atoms with Crippen LogP contribution in [-0.4, -0.2) is 5.78 Å². The minimum Gasteiger partial charge on any atom is -0.295 e. The Kier molecular flexibility index (Phi) is 3.75. The topological polar surface area (TPSA) is 17.1 Å². The molecule has 0 amide bonds. The Hall–Kier alpha value is -1.29. The van der Waals surface area contributed by atoms with E-state index in [4.69, 9.17) is 0 Å². The Labute approximate surface area is 140 Å². The van der Waals surface area contributed by atoms with Crippen molar-refractivity contribution in [1.82, 2.24) is 0 Å². The number of ketones is 1. The monoisotopic (exact) mass is 308 g/mol. The third-order valence-corrected chi connectivity index (χ3v) is 7.28. The number of carbonyl (C=O) groups excluding carboxylic acids is 1. The molecule has 0 aromatic heterocycles. The van der Waals surface area contributed by atoms with Gasteiger partial charge in [0.15, 0.2) is 5.78 Å². The maximum absolute atomic E-state index is 11.8. The predicted octanol–water partition coefficient (Wildman–Crippen LogP) is 5.08. The zero-order chi connectivity index (χ0) is 16.0. The summed E-state index contributed by atoms with van der Waals surface area (Å²) in [5, 5.41) is 0. The minimum absolute atomic E-state index is 0.328. The summed E-state index contributed by atoms with van der Waals surface area (Å²) in [6.45, 7) is 4.62. The second kappa shape index (κ2) is 5.66. The van der Waals surface area contributed by atoms with Gasteiger partial charge in [0.2, 0.25) is 0 Å². The van der Waals surface area contributed by atoms with E-state index in [1.165, 1.54) is 43.3 Å². The van der Waals surface area contributed by atoms with Gasteiger partial charge in [-0.25, -0.2) is 0 Å². The van der Waals surface area contributed by atoms with Crippen molar-refractivity contribution in [2.24, 2.45) is 29.1 Å². The van der Waals surface area contributed by atoms with E-state index in [-0.39, 0.29) is 0 Å². The van der Waals surface area contributed by atoms with E-state index >= 15 is 0 Å². The van der Waals surface area contributed by atoms with Crippen LogP contribution >= 0.6 is 0 Å². The molecule has 4 aliphatic carbocycles. The van der Waals surface area contributed by atoms with Crippen LogP contribution in [0.2, 0.25) is 0 Å². The normalized spacial score (nSPS) is 41.7. The van der Waals surface area contributed by atoms with Gasteiger partial charge < -0.3 is 0 Å². The maximum Gasteiger partial charge on any atom is 0.155 e. The third kappa shape index (κ3) is 2.34. The quantitative estimate of drug-likeness (QED) is 0.570. The van der Waals surface area contributed by atoms with Crippen LogP contribution in [-0.2, 0) is 4.79 Å². The van der Waals surface area contributed by atoms with Crippen LogP contribution in [0, 0.1) is 40.9 Å². The number of carbonyl (C=O) groups is 1. The van der Waals surface area contributed by atoms with Gasteiger partial charge in [0, 0.05) is 23.8 Å². The summed E-state index contributed by atoms with van der Waals surface area (Å²) in [4.78, 5) is 11.8. The molecule has 0 aromatic rings. The molecule has 0 radical (unpaired) electrons. The fraction of sp³-hybridized carbons (Fsp3) is 0.682. The molecule has 5 atom stereocenters. The molecule has 2 fully saturated rings. The highest BCUT2D eigenvalue weighted by Gasteiger charge is 2.53. The van der Waals surface area contributed by atoms with Gasteiger partial charge in [0.1, 0.15) is 0 Å². The lowest BCUT2D eigenvalue weighted by Crippen LogP contribution is -2.45. The smallest absolute Gasteiger partial charge is 0.155 e. The molecular formula is C22H28O. The Morgan fingerprint density at radius 2 is 2.09 bits per heavy atom. The van der Waals surface area contributed by atoms with Gasteiger partial charge in [-0.1, -0.05) is 37.3 Å². The van der Waals surface area contributed by atoms with E-state index < -0.39 is 0 Å². The van der Waals surface area contributed by atoms with Crippen molar-refractivity contribution in [3.63, 3.8) is 0 Å². The average molecular weight is 308 g/mol. The minimum atomic E-state index is 0.328. The van der Waals surface area contributed by atoms with E-state index in [2.05, 4.69) is 31.8 Å². The SMILES string of the molecule is CCC#CC1=CC[C@H]2[C@@H]3CCC4=CC(=O)CC[C@@H]4[C@H]3CC[C@]12C. The Balaban J connectivity index is 1.59. The van der Waals surface area contributed by atoms with Crippen molar-refractivity contribution >= 4 is 5.78 Å². The highest BCUT2D eigenvalue weighted by Crippen LogP contribution is 2.61. The lowest BCUT2D eigenvalue weighted by Gasteiger charge is -2.53. The van der Waals surface area contributed by atoms with Crippen LogP contribution in [0.25, 0.3) is 0 Å². The lowest BCUT2D eigenvalue weighted by atomic mass is 9.51. The number of rotatable bonds is 0. The highest BCUT2D eigenvalue weighted by atomic mass is 16.1. The Morgan fingerprint density at radius 3 is 2.91 bits per heavy atom. The number of fused-ring (bicyclic) bond motifs is 5. The Morgan fingerprint density at radius 1 is 1.22 bits per heavy atom. The summed E-state index contributed by atoms with van der Waals surface area (Å²) >= 11 is 0. The van der Waals surface area contributed by atoms with Crippen molar-refractivity contribution in [1.29, 1.82) is 0 Å². The molecule has 2 saturated carbocycles. The van der Waals surface area contributed by atoms with Crippen molar-refractivity contribution in [3.8, 4) is 11.8 Å². The third-order valence-electron chi connectivity index (χ3n) is 7.28. The Bertz CT molecular complexity index is 641. The van der Waals surface area contributed by atoms with Gasteiger partial charge in [0.25, 0.3) is 0 Å². The highest BCUT2D eigenvalue weighted by molar-refractivity contribution is 5.91. The second-order valence-electron chi connectivity index (χ2n) is 8.27. The fourth-order valence-corrected chi connectivity index (χ4v) is 6.13. The van der Waals surface area contributed by atoms with Crippen LogP contribution in [0.15, 0.2) is 23.3 Å². The molecular weight excluding hydrogens is 280 g/mol. The molecule has 0 aromatic carbocycles. The van der Waals surface area contributed by atoms with Gasteiger partial charge in [0.05, 0.1) is 0 Å². The van der Waals surface area contributed by atoms with E-state index in [1.54, 1.807) is 0 Å². The van der Waals surface area contributed by atoms with Crippen LogP contribution in [0.3, 0.4) is 0 Å². The lowest BCUT2D eigenvalue weighted by molar-refractivity contribution is -0.115. The van der Waals surface area contributed by atoms with Gasteiger partial charge >= 0.3 is 0 Å². The predicted molar refractivity (Wildman–Crippen MR) is 93.6 cm³/mol. The molecule has 23 heavy (non-hydrogen) atoms. The molecule has 0 saturated heterocycles. The molecule has 1 heteroatoms. The first-order valence-corrected chi connectivity index (χ1v) is 9.56. The van der Waals surface area contributed by atoms with Crippen LogP contribution in [0.5, 0.6) is 0 Å². The summed E-state index contributed by atoms with van der Waals surface area (Å²) in [7, 11) is 0. The van der Waals surface area contributed by atoms with E-state index in [9.17, 15) is 4.79 Å². The van der Waals surface area contributed by atoms with Gasteiger partial charge in [-0.05, 0) is 68.3 Å². The molecule has 0 aliphatic heterocycles. The molecule has 122 valence electrons. The maximum atomic E-state index is 11.8. The molecule has 4 aliphatic rings. The van der Waals surface area contributed by atoms with Crippen LogP contribution < -0.4 is 0 Å². The standard InChI is InChI=1S/C22H28O/c1-3-4-5-16-7-11-21-20-9-6-15-14-17(23)8-10-18(15)19(20)12-13-22(16,21)2/h7,14,18-21H,3,6,8-13H2,1-2H3/t18-,19+,20+,21-,22+/m0/s1. The van der Waals surface area contributed by atoms with Crippen molar-refractivity contribution < 1.29 is 4.79 Å². The number of hydrogen-bond acceptors (Lipinski definition) is 1. The number of allylic oxidation sites excluding steroid dienone is 4. The largest absolute Gasteiger partial charge is 0.295 e. The summed E-state index contributed by atoms with van der Waals surface area (Å²) in [5.74, 6) is 10.3. The molecule has 1 nitrogen and oxygen atoms in total. The fourth-order valence-electron chi connectivity index (χ4n) is 6.13. The first-order chi connectivity index (χ1) is 11.1. The molecule has 0 unspecified atom stereocenters. The second-order valence-corrected chi connectivity index (χ2v) is 8.27. The van der Waals surface area contributed by atoms with Crippen LogP contribution in [0.1, 0.15) is 65.2 Å². The number of hydrogen-bond donors (Lipinski definition) is 0. The van der Waals surface area contributed by atoms with Crippen molar-refractivity contribution in [2.75, 3.05) is 0 Å². The first kappa shape index (κ1) is 15.3. The van der Waals surface area contributed by atoms with Gasteiger partial charge in [-0.15, -0.1) is 0 Å². The van der Waals surface area contributed by atoms with Crippen LogP contribution in [0.4, 0.5) is 0 Å². The van der Waals surface area contributed by atoms with Gasteiger partial charge in [-0.2, -0.15) is 0 Å². The summed E-state index contributed by atoms with van der Waals surface area (Å²) in [6.07, 6.45) is 13.6. The van der Waals surface area contributed by atoms with Gasteiger partial charge in [-0.3, -0.25) is 4.79 Å². The molecule has 0 heterocycles. The molecule has 0 N–H and O–H groups in total. The van der Waals surface area contributed by atoms with E-state index in [0.717, 1.165) is 37.0 Å².